The SMILES string of the molecule is CSCC(CCO)NC(=O)C1(c2cccc(Cl)c2)CC1. The topological polar surface area (TPSA) is 49.3 Å². The molecule has 1 atom stereocenters. The average Bonchev–Trinajstić information content (AvgIpc) is 3.21. The fourth-order valence-electron chi connectivity index (χ4n) is 2.44. The summed E-state index contributed by atoms with van der Waals surface area (Å²) in [5.41, 5.74) is 0.589. The molecule has 1 unspecified atom stereocenters. The van der Waals surface area contributed by atoms with Gasteiger partial charge < -0.3 is 10.4 Å². The van der Waals surface area contributed by atoms with Crippen LogP contribution in [0.4, 0.5) is 0 Å². The van der Waals surface area contributed by atoms with E-state index in [0.29, 0.717) is 11.4 Å². The molecule has 110 valence electrons. The lowest BCUT2D eigenvalue weighted by Gasteiger charge is -2.22. The summed E-state index contributed by atoms with van der Waals surface area (Å²) in [4.78, 5) is 12.6. The van der Waals surface area contributed by atoms with Crippen LogP contribution in [0.5, 0.6) is 0 Å². The van der Waals surface area contributed by atoms with E-state index < -0.39 is 5.41 Å². The summed E-state index contributed by atoms with van der Waals surface area (Å²) in [5, 5.41) is 12.8. The lowest BCUT2D eigenvalue weighted by Crippen LogP contribution is -2.43. The molecule has 1 aliphatic carbocycles. The number of nitrogens with one attached hydrogen (secondary N) is 1. The zero-order chi connectivity index (χ0) is 14.6. The zero-order valence-electron chi connectivity index (χ0n) is 11.6. The number of hydrogen-bond donors (Lipinski definition) is 2. The van der Waals surface area contributed by atoms with E-state index in [1.54, 1.807) is 11.8 Å². The van der Waals surface area contributed by atoms with Crippen LogP contribution in [0.2, 0.25) is 5.02 Å². The first kappa shape index (κ1) is 15.7. The van der Waals surface area contributed by atoms with Gasteiger partial charge in [-0.15, -0.1) is 0 Å². The Morgan fingerprint density at radius 1 is 1.55 bits per heavy atom. The number of benzene rings is 1. The minimum Gasteiger partial charge on any atom is -0.396 e. The van der Waals surface area contributed by atoms with Crippen molar-refractivity contribution in [3.63, 3.8) is 0 Å². The van der Waals surface area contributed by atoms with Crippen LogP contribution in [0, 0.1) is 0 Å². The smallest absolute Gasteiger partial charge is 0.230 e. The number of rotatable bonds is 7. The van der Waals surface area contributed by atoms with Crippen LogP contribution in [-0.2, 0) is 10.2 Å². The number of thioether (sulfide) groups is 1. The van der Waals surface area contributed by atoms with Gasteiger partial charge in [0.25, 0.3) is 0 Å². The van der Waals surface area contributed by atoms with Gasteiger partial charge in [-0.2, -0.15) is 11.8 Å². The number of carbonyl (C=O) groups is 1. The number of aliphatic hydroxyl groups is 1. The zero-order valence-corrected chi connectivity index (χ0v) is 13.1. The van der Waals surface area contributed by atoms with Crippen molar-refractivity contribution in [3.8, 4) is 0 Å². The third-order valence-corrected chi connectivity index (χ3v) is 4.71. The highest BCUT2D eigenvalue weighted by molar-refractivity contribution is 7.98. The fraction of sp³-hybridized carbons (Fsp3) is 0.533. The predicted molar refractivity (Wildman–Crippen MR) is 84.4 cm³/mol. The van der Waals surface area contributed by atoms with Crippen molar-refractivity contribution in [1.29, 1.82) is 0 Å². The van der Waals surface area contributed by atoms with Gasteiger partial charge >= 0.3 is 0 Å². The van der Waals surface area contributed by atoms with Gasteiger partial charge in [-0.3, -0.25) is 4.79 Å². The Kier molecular flexibility index (Phi) is 5.35. The third-order valence-electron chi connectivity index (χ3n) is 3.74. The maximum atomic E-state index is 12.6. The van der Waals surface area contributed by atoms with Gasteiger partial charge in [0.2, 0.25) is 5.91 Å². The molecular formula is C15H20ClNO2S. The minimum absolute atomic E-state index is 0.0270. The van der Waals surface area contributed by atoms with Gasteiger partial charge in [-0.05, 0) is 43.2 Å². The number of halogens is 1. The standard InChI is InChI=1S/C15H20ClNO2S/c1-20-10-13(5-8-18)17-14(19)15(6-7-15)11-3-2-4-12(16)9-11/h2-4,9,13,18H,5-8,10H2,1H3,(H,17,19). The molecule has 0 heterocycles. The highest BCUT2D eigenvalue weighted by Crippen LogP contribution is 2.49. The van der Waals surface area contributed by atoms with Crippen LogP contribution in [-0.4, -0.2) is 35.7 Å². The van der Waals surface area contributed by atoms with Crippen LogP contribution < -0.4 is 5.32 Å². The summed E-state index contributed by atoms with van der Waals surface area (Å²) in [5.74, 6) is 0.880. The normalized spacial score (nSPS) is 17.6. The Hall–Kier alpha value is -0.710. The molecule has 20 heavy (non-hydrogen) atoms. The molecule has 0 radical (unpaired) electrons. The van der Waals surface area contributed by atoms with Crippen molar-refractivity contribution in [2.24, 2.45) is 0 Å². The molecule has 0 saturated heterocycles. The third kappa shape index (κ3) is 3.48. The summed E-state index contributed by atoms with van der Waals surface area (Å²) >= 11 is 7.69. The molecule has 0 aliphatic heterocycles. The number of amides is 1. The molecule has 1 amide bonds. The van der Waals surface area contributed by atoms with E-state index in [9.17, 15) is 4.79 Å². The largest absolute Gasteiger partial charge is 0.396 e. The van der Waals surface area contributed by atoms with E-state index >= 15 is 0 Å². The van der Waals surface area contributed by atoms with Crippen molar-refractivity contribution in [3.05, 3.63) is 34.9 Å². The maximum absolute atomic E-state index is 12.6. The first-order valence-corrected chi connectivity index (χ1v) is 8.56. The van der Waals surface area contributed by atoms with E-state index in [1.165, 1.54) is 0 Å². The van der Waals surface area contributed by atoms with Crippen LogP contribution in [0.1, 0.15) is 24.8 Å². The number of carbonyl (C=O) groups excluding carboxylic acids is 1. The minimum atomic E-state index is -0.406. The molecule has 2 N–H and O–H groups in total. The predicted octanol–water partition coefficient (Wildman–Crippen LogP) is 2.60. The number of hydrogen-bond acceptors (Lipinski definition) is 3. The van der Waals surface area contributed by atoms with Crippen molar-refractivity contribution in [1.82, 2.24) is 5.32 Å². The monoisotopic (exact) mass is 313 g/mol. The Balaban J connectivity index is 2.08. The highest BCUT2D eigenvalue weighted by Gasteiger charge is 2.51. The van der Waals surface area contributed by atoms with Crippen molar-refractivity contribution in [2.75, 3.05) is 18.6 Å². The van der Waals surface area contributed by atoms with Gasteiger partial charge in [0, 0.05) is 23.4 Å². The second-order valence-electron chi connectivity index (χ2n) is 5.23. The summed E-state index contributed by atoms with van der Waals surface area (Å²) in [7, 11) is 0. The molecule has 3 nitrogen and oxygen atoms in total. The number of aliphatic hydroxyl groups excluding tert-OH is 1. The summed E-state index contributed by atoms with van der Waals surface area (Å²) < 4.78 is 0. The van der Waals surface area contributed by atoms with Crippen LogP contribution in [0.3, 0.4) is 0 Å². The van der Waals surface area contributed by atoms with E-state index in [4.69, 9.17) is 16.7 Å². The average molecular weight is 314 g/mol. The molecule has 0 aromatic heterocycles. The fourth-order valence-corrected chi connectivity index (χ4v) is 3.28. The lowest BCUT2D eigenvalue weighted by molar-refractivity contribution is -0.124. The molecule has 0 bridgehead atoms. The molecule has 1 aliphatic rings. The second kappa shape index (κ2) is 6.83. The van der Waals surface area contributed by atoms with Crippen LogP contribution in [0.25, 0.3) is 0 Å². The molecule has 2 rings (SSSR count). The molecule has 1 saturated carbocycles. The van der Waals surface area contributed by atoms with E-state index in [1.807, 2.05) is 30.5 Å². The Morgan fingerprint density at radius 2 is 2.30 bits per heavy atom. The van der Waals surface area contributed by atoms with Gasteiger partial charge in [0.05, 0.1) is 5.41 Å². The summed E-state index contributed by atoms with van der Waals surface area (Å²) in [6, 6.07) is 7.58. The van der Waals surface area contributed by atoms with Gasteiger partial charge in [0.15, 0.2) is 0 Å². The molecule has 1 aromatic rings. The van der Waals surface area contributed by atoms with Crippen LogP contribution in [0.15, 0.2) is 24.3 Å². The summed E-state index contributed by atoms with van der Waals surface area (Å²) in [6.07, 6.45) is 4.33. The first-order chi connectivity index (χ1) is 9.62. The Morgan fingerprint density at radius 3 is 2.85 bits per heavy atom. The first-order valence-electron chi connectivity index (χ1n) is 6.79. The van der Waals surface area contributed by atoms with Gasteiger partial charge in [-0.25, -0.2) is 0 Å². The highest BCUT2D eigenvalue weighted by atomic mass is 35.5. The quantitative estimate of drug-likeness (QED) is 0.813. The molecule has 1 fully saturated rings. The molecule has 1 aromatic carbocycles. The Bertz CT molecular complexity index is 471. The van der Waals surface area contributed by atoms with E-state index in [0.717, 1.165) is 24.2 Å². The van der Waals surface area contributed by atoms with Gasteiger partial charge in [-0.1, -0.05) is 23.7 Å². The van der Waals surface area contributed by atoms with Crippen LogP contribution >= 0.6 is 23.4 Å². The maximum Gasteiger partial charge on any atom is 0.230 e. The molecule has 0 spiro atoms. The van der Waals surface area contributed by atoms with Crippen molar-refractivity contribution in [2.45, 2.75) is 30.7 Å². The van der Waals surface area contributed by atoms with E-state index in [2.05, 4.69) is 5.32 Å². The molecule has 5 heteroatoms. The second-order valence-corrected chi connectivity index (χ2v) is 6.58. The van der Waals surface area contributed by atoms with E-state index in [-0.39, 0.29) is 18.6 Å². The Labute approximate surface area is 129 Å². The summed E-state index contributed by atoms with van der Waals surface area (Å²) in [6.45, 7) is 0.0929. The van der Waals surface area contributed by atoms with Crippen molar-refractivity contribution >= 4 is 29.3 Å². The molecular weight excluding hydrogens is 294 g/mol. The van der Waals surface area contributed by atoms with Gasteiger partial charge in [0.1, 0.15) is 0 Å². The lowest BCUT2D eigenvalue weighted by atomic mass is 9.94. The van der Waals surface area contributed by atoms with Crippen molar-refractivity contribution < 1.29 is 9.90 Å².